The molecular weight excluding hydrogens is 604 g/mol. The lowest BCUT2D eigenvalue weighted by Gasteiger charge is -2.45. The average Bonchev–Trinajstić information content (AvgIpc) is 3.70. The number of carbonyl (C=O) groups is 3. The van der Waals surface area contributed by atoms with Crippen LogP contribution in [0, 0.1) is 10.8 Å². The maximum absolute atomic E-state index is 13.9. The molecule has 0 bridgehead atoms. The summed E-state index contributed by atoms with van der Waals surface area (Å²) in [6, 6.07) is 3.60. The molecule has 268 valence electrons. The second-order valence-electron chi connectivity index (χ2n) is 15.5. The molecule has 0 spiro atoms. The fourth-order valence-electron chi connectivity index (χ4n) is 6.71. The molecule has 3 rings (SSSR count). The van der Waals surface area contributed by atoms with Crippen molar-refractivity contribution >= 4 is 17.5 Å². The monoisotopic (exact) mass is 666 g/mol. The summed E-state index contributed by atoms with van der Waals surface area (Å²) in [5, 5.41) is 9.79. The summed E-state index contributed by atoms with van der Waals surface area (Å²) in [7, 11) is 0. The topological polar surface area (TPSA) is 121 Å². The van der Waals surface area contributed by atoms with Crippen LogP contribution in [-0.4, -0.2) is 51.1 Å². The van der Waals surface area contributed by atoms with E-state index in [4.69, 9.17) is 9.47 Å². The first-order valence-electron chi connectivity index (χ1n) is 18.3. The van der Waals surface area contributed by atoms with Gasteiger partial charge < -0.3 is 24.5 Å². The Balaban J connectivity index is 1.56. The number of aryl methyl sites for hydroxylation is 1. The fourth-order valence-corrected chi connectivity index (χ4v) is 6.71. The van der Waals surface area contributed by atoms with E-state index in [0.717, 1.165) is 36.9 Å². The lowest BCUT2D eigenvalue weighted by molar-refractivity contribution is -0.298. The Morgan fingerprint density at radius 2 is 1.58 bits per heavy atom. The number of ketones is 2. The highest BCUT2D eigenvalue weighted by molar-refractivity contribution is 6.02. The Hall–Kier alpha value is -2.97. The number of hydrogen-bond donors (Lipinski definition) is 3. The predicted octanol–water partition coefficient (Wildman–Crippen LogP) is 9.97. The van der Waals surface area contributed by atoms with Crippen molar-refractivity contribution in [3.8, 4) is 0 Å². The van der Waals surface area contributed by atoms with Crippen LogP contribution in [-0.2, 0) is 20.7 Å². The van der Waals surface area contributed by atoms with E-state index in [1.165, 1.54) is 38.5 Å². The fraction of sp³-hybridized carbons (Fsp3) is 0.675. The van der Waals surface area contributed by atoms with Crippen molar-refractivity contribution in [1.82, 2.24) is 9.97 Å². The van der Waals surface area contributed by atoms with Crippen molar-refractivity contribution in [3.63, 3.8) is 0 Å². The van der Waals surface area contributed by atoms with Crippen LogP contribution in [0.15, 0.2) is 36.7 Å². The van der Waals surface area contributed by atoms with Gasteiger partial charge in [-0.25, -0.2) is 0 Å². The van der Waals surface area contributed by atoms with Gasteiger partial charge in [0, 0.05) is 51.7 Å². The van der Waals surface area contributed by atoms with E-state index in [0.29, 0.717) is 37.1 Å². The van der Waals surface area contributed by atoms with Gasteiger partial charge in [0.15, 0.2) is 17.4 Å². The number of carboxylic acid groups (broad SMARTS) is 1. The van der Waals surface area contributed by atoms with Crippen LogP contribution in [0.2, 0.25) is 0 Å². The molecule has 0 aliphatic carbocycles. The summed E-state index contributed by atoms with van der Waals surface area (Å²) in [5.74, 6) is -2.23. The Bertz CT molecular complexity index is 1350. The van der Waals surface area contributed by atoms with E-state index in [2.05, 4.69) is 29.0 Å². The van der Waals surface area contributed by atoms with E-state index < -0.39 is 34.6 Å². The van der Waals surface area contributed by atoms with Crippen molar-refractivity contribution in [2.24, 2.45) is 10.8 Å². The number of aromatic amines is 2. The number of aliphatic carboxylic acids is 1. The smallest absolute Gasteiger partial charge is 0.304 e. The number of nitrogens with one attached hydrogen (secondary N) is 2. The lowest BCUT2D eigenvalue weighted by Crippen LogP contribution is -2.53. The van der Waals surface area contributed by atoms with Crippen LogP contribution >= 0.6 is 0 Å². The van der Waals surface area contributed by atoms with Crippen LogP contribution in [0.25, 0.3) is 0 Å². The zero-order valence-corrected chi connectivity index (χ0v) is 30.7. The Kier molecular flexibility index (Phi) is 14.9. The predicted molar refractivity (Wildman–Crippen MR) is 192 cm³/mol. The quantitative estimate of drug-likeness (QED) is 0.0653. The number of carboxylic acids is 1. The van der Waals surface area contributed by atoms with E-state index in [1.807, 2.05) is 40.0 Å². The largest absolute Gasteiger partial charge is 0.481 e. The molecule has 0 aromatic carbocycles. The van der Waals surface area contributed by atoms with E-state index in [-0.39, 0.29) is 18.0 Å². The first kappa shape index (κ1) is 39.5. The molecule has 8 nitrogen and oxygen atoms in total. The van der Waals surface area contributed by atoms with Gasteiger partial charge in [-0.15, -0.1) is 0 Å². The molecule has 2 atom stereocenters. The molecule has 2 unspecified atom stereocenters. The van der Waals surface area contributed by atoms with Crippen molar-refractivity contribution in [2.45, 2.75) is 156 Å². The molecule has 1 fully saturated rings. The molecule has 3 N–H and O–H groups in total. The van der Waals surface area contributed by atoms with Gasteiger partial charge in [0.25, 0.3) is 0 Å². The van der Waals surface area contributed by atoms with Crippen LogP contribution in [0.3, 0.4) is 0 Å². The summed E-state index contributed by atoms with van der Waals surface area (Å²) in [6.07, 6.45) is 20.7. The van der Waals surface area contributed by atoms with Crippen LogP contribution in [0.4, 0.5) is 0 Å². The van der Waals surface area contributed by atoms with Crippen molar-refractivity contribution in [2.75, 3.05) is 6.61 Å². The number of Topliss-reactive ketones (excluding diaryl/α,β-unsaturated/α-hetero) is 2. The van der Waals surface area contributed by atoms with Crippen molar-refractivity contribution in [1.29, 1.82) is 0 Å². The standard InChI is InChI=1S/C40H62N2O6/c1-8-9-10-11-12-13-14-15-16-17-18-24-38(2,3)36(46)30-22-25-41-32(30)21-19-20-29(27-33(43)44)34-31(23-26-42-34)35(45)37-39(4,5)28-47-40(6,7)48-37/h12-13,22-23,25-26,29,37,41-42H,8-11,14-21,24,27-28H2,1-7H3,(H,43,44). The van der Waals surface area contributed by atoms with Gasteiger partial charge in [0.1, 0.15) is 6.10 Å². The third-order valence-corrected chi connectivity index (χ3v) is 9.75. The molecule has 1 aliphatic heterocycles. The highest BCUT2D eigenvalue weighted by Gasteiger charge is 2.46. The lowest BCUT2D eigenvalue weighted by atomic mass is 9.79. The average molecular weight is 667 g/mol. The first-order valence-corrected chi connectivity index (χ1v) is 18.3. The molecule has 2 aromatic heterocycles. The van der Waals surface area contributed by atoms with Gasteiger partial charge in [-0.3, -0.25) is 14.4 Å². The van der Waals surface area contributed by atoms with E-state index >= 15 is 0 Å². The second kappa shape index (κ2) is 18.1. The molecule has 0 amide bonds. The summed E-state index contributed by atoms with van der Waals surface area (Å²) >= 11 is 0. The molecule has 0 saturated carbocycles. The van der Waals surface area contributed by atoms with Crippen LogP contribution < -0.4 is 0 Å². The molecular formula is C40H62N2O6. The highest BCUT2D eigenvalue weighted by Crippen LogP contribution is 2.38. The third-order valence-electron chi connectivity index (χ3n) is 9.75. The number of aromatic nitrogens is 2. The number of H-pyrrole nitrogens is 2. The number of allylic oxidation sites excluding steroid dienone is 2. The Labute approximate surface area is 288 Å². The molecule has 48 heavy (non-hydrogen) atoms. The summed E-state index contributed by atoms with van der Waals surface area (Å²) in [6.45, 7) is 14.2. The zero-order chi connectivity index (χ0) is 35.4. The van der Waals surface area contributed by atoms with Crippen molar-refractivity contribution < 1.29 is 29.0 Å². The summed E-state index contributed by atoms with van der Waals surface area (Å²) in [4.78, 5) is 45.9. The van der Waals surface area contributed by atoms with E-state index in [1.54, 1.807) is 26.1 Å². The van der Waals surface area contributed by atoms with Gasteiger partial charge in [-0.2, -0.15) is 0 Å². The van der Waals surface area contributed by atoms with Gasteiger partial charge in [0.2, 0.25) is 0 Å². The number of unbranched alkanes of at least 4 members (excludes halogenated alkanes) is 7. The maximum atomic E-state index is 13.9. The minimum atomic E-state index is -0.923. The summed E-state index contributed by atoms with van der Waals surface area (Å²) in [5.41, 5.74) is 1.69. The molecule has 3 heterocycles. The second-order valence-corrected chi connectivity index (χ2v) is 15.5. The molecule has 0 radical (unpaired) electrons. The highest BCUT2D eigenvalue weighted by atomic mass is 16.7. The number of carbonyl (C=O) groups excluding carboxylic acids is 2. The number of hydrogen-bond acceptors (Lipinski definition) is 5. The van der Waals surface area contributed by atoms with Gasteiger partial charge in [-0.1, -0.05) is 78.9 Å². The normalized spacial score (nSPS) is 18.3. The first-order chi connectivity index (χ1) is 22.7. The van der Waals surface area contributed by atoms with E-state index in [9.17, 15) is 19.5 Å². The minimum absolute atomic E-state index is 0.108. The van der Waals surface area contributed by atoms with Gasteiger partial charge in [0.05, 0.1) is 13.0 Å². The molecule has 1 saturated heterocycles. The Morgan fingerprint density at radius 1 is 0.938 bits per heavy atom. The summed E-state index contributed by atoms with van der Waals surface area (Å²) < 4.78 is 11.9. The zero-order valence-electron chi connectivity index (χ0n) is 30.7. The van der Waals surface area contributed by atoms with Crippen molar-refractivity contribution in [3.05, 3.63) is 59.2 Å². The molecule has 1 aliphatic rings. The minimum Gasteiger partial charge on any atom is -0.481 e. The number of rotatable bonds is 22. The third kappa shape index (κ3) is 11.6. The number of ether oxygens (including phenoxy) is 2. The van der Waals surface area contributed by atoms with Crippen LogP contribution in [0.1, 0.15) is 170 Å². The van der Waals surface area contributed by atoms with Crippen LogP contribution in [0.5, 0.6) is 0 Å². The van der Waals surface area contributed by atoms with Gasteiger partial charge >= 0.3 is 5.97 Å². The molecule has 8 heteroatoms. The Morgan fingerprint density at radius 3 is 2.27 bits per heavy atom. The molecule has 2 aromatic rings. The SMILES string of the molecule is CCCCCC=CCCCCCCC(C)(C)C(=O)c1cc[nH]c1CCCC(CC(=O)O)c1[nH]ccc1C(=O)C1OC(C)(C)OCC1(C)C. The maximum Gasteiger partial charge on any atom is 0.304 e. The van der Waals surface area contributed by atoms with Gasteiger partial charge in [-0.05, 0) is 77.3 Å².